The van der Waals surface area contributed by atoms with E-state index in [0.717, 1.165) is 4.73 Å². The molecule has 0 aromatic heterocycles. The summed E-state index contributed by atoms with van der Waals surface area (Å²) in [5.74, 6) is 0. The Labute approximate surface area is 83.6 Å². The van der Waals surface area contributed by atoms with E-state index in [1.165, 1.54) is 0 Å². The Bertz CT molecular complexity index is 137. The van der Waals surface area contributed by atoms with Gasteiger partial charge in [0.15, 0.2) is 0 Å². The Morgan fingerprint density at radius 1 is 1.25 bits per heavy atom. The first kappa shape index (κ1) is 12.3. The van der Waals surface area contributed by atoms with Crippen molar-refractivity contribution in [2.24, 2.45) is 0 Å². The predicted molar refractivity (Wildman–Crippen MR) is 48.7 cm³/mol. The maximum absolute atomic E-state index is 5.36. The van der Waals surface area contributed by atoms with Crippen LogP contribution in [0, 0.1) is 0 Å². The molecule has 0 amide bonds. The zero-order chi connectivity index (χ0) is 9.72. The summed E-state index contributed by atoms with van der Waals surface area (Å²) < 4.78 is 6.14. The minimum absolute atomic E-state index is 0.448. The molecule has 0 saturated carbocycles. The van der Waals surface area contributed by atoms with Crippen LogP contribution in [0.1, 0.15) is 34.6 Å². The van der Waals surface area contributed by atoms with Crippen molar-refractivity contribution in [3.8, 4) is 0 Å². The standard InChI is InChI=1S/C9H19NO.Fe/c1-6-11-7-10(8(2)3)9(4)5;/h8-9H,6H2,1-5H3;. The normalized spacial score (nSPS) is 11.8. The van der Waals surface area contributed by atoms with Gasteiger partial charge in [-0.2, -0.15) is 0 Å². The molecule has 0 aliphatic heterocycles. The minimum atomic E-state index is 0.448. The molecule has 0 radical (unpaired) electrons. The molecule has 74 valence electrons. The SMILES string of the molecule is CCO[C](=[Fe])N(C(C)C)C(C)C. The van der Waals surface area contributed by atoms with Gasteiger partial charge in [0, 0.05) is 0 Å². The van der Waals surface area contributed by atoms with Crippen LogP contribution in [0.4, 0.5) is 0 Å². The van der Waals surface area contributed by atoms with Gasteiger partial charge in [-0.3, -0.25) is 0 Å². The van der Waals surface area contributed by atoms with Crippen molar-refractivity contribution in [2.75, 3.05) is 6.61 Å². The van der Waals surface area contributed by atoms with Gasteiger partial charge in [-0.15, -0.1) is 0 Å². The van der Waals surface area contributed by atoms with E-state index in [1.807, 2.05) is 6.92 Å². The zero-order valence-electron chi connectivity index (χ0n) is 8.57. The predicted octanol–water partition coefficient (Wildman–Crippen LogP) is 1.78. The van der Waals surface area contributed by atoms with Gasteiger partial charge >= 0.3 is 83.2 Å². The van der Waals surface area contributed by atoms with Crippen molar-refractivity contribution in [3.63, 3.8) is 0 Å². The summed E-state index contributed by atoms with van der Waals surface area (Å²) in [5, 5.41) is 0. The Kier molecular flexibility index (Phi) is 6.02. The fourth-order valence-corrected chi connectivity index (χ4v) is 1.91. The fourth-order valence-electron chi connectivity index (χ4n) is 1.18. The van der Waals surface area contributed by atoms with Gasteiger partial charge in [0.1, 0.15) is 0 Å². The van der Waals surface area contributed by atoms with Crippen LogP contribution in [0.25, 0.3) is 0 Å². The third-order valence-corrected chi connectivity index (χ3v) is 2.01. The molecular weight excluding hydrogens is 194 g/mol. The van der Waals surface area contributed by atoms with Crippen molar-refractivity contribution in [1.29, 1.82) is 0 Å². The molecule has 0 aromatic rings. The third kappa shape index (κ3) is 3.81. The molecule has 0 fully saturated rings. The van der Waals surface area contributed by atoms with Crippen molar-refractivity contribution in [1.82, 2.24) is 4.90 Å². The molecule has 2 nitrogen and oxygen atoms in total. The molecular formula is C9H19FeNO. The van der Waals surface area contributed by atoms with Crippen LogP contribution in [0.5, 0.6) is 0 Å². The van der Waals surface area contributed by atoms with Gasteiger partial charge in [0.2, 0.25) is 0 Å². The fraction of sp³-hybridized carbons (Fsp3) is 0.889. The van der Waals surface area contributed by atoms with Crippen molar-refractivity contribution < 1.29 is 20.3 Å². The Hall–Kier alpha value is 0.309. The van der Waals surface area contributed by atoms with Crippen LogP contribution < -0.4 is 0 Å². The molecule has 0 heterocycles. The van der Waals surface area contributed by atoms with Crippen molar-refractivity contribution in [3.05, 3.63) is 0 Å². The van der Waals surface area contributed by atoms with E-state index < -0.39 is 0 Å². The van der Waals surface area contributed by atoms with Crippen molar-refractivity contribution in [2.45, 2.75) is 46.7 Å². The monoisotopic (exact) mass is 213 g/mol. The summed E-state index contributed by atoms with van der Waals surface area (Å²) in [7, 11) is 0. The molecule has 0 aliphatic rings. The molecule has 0 saturated heterocycles. The maximum atomic E-state index is 5.36. The number of nitrogens with zero attached hydrogens (tertiary/aromatic N) is 1. The molecule has 0 atom stereocenters. The van der Waals surface area contributed by atoms with E-state index in [9.17, 15) is 0 Å². The first-order valence-electron chi connectivity index (χ1n) is 4.43. The Morgan fingerprint density at radius 3 is 1.92 bits per heavy atom. The van der Waals surface area contributed by atoms with Gasteiger partial charge in [-0.25, -0.2) is 0 Å². The average molecular weight is 213 g/mol. The molecule has 0 spiro atoms. The summed E-state index contributed by atoms with van der Waals surface area (Å²) in [6.45, 7) is 11.2. The molecule has 0 unspecified atom stereocenters. The molecule has 0 bridgehead atoms. The summed E-state index contributed by atoms with van der Waals surface area (Å²) in [6, 6.07) is 0.896. The van der Waals surface area contributed by atoms with Gasteiger partial charge in [0.05, 0.1) is 0 Å². The summed E-state index contributed by atoms with van der Waals surface area (Å²) in [4.78, 5) is 2.17. The van der Waals surface area contributed by atoms with Crippen LogP contribution in [0.2, 0.25) is 0 Å². The molecule has 0 aliphatic carbocycles. The molecule has 0 aromatic carbocycles. The molecule has 3 heteroatoms. The Morgan fingerprint density at radius 2 is 1.67 bits per heavy atom. The van der Waals surface area contributed by atoms with Crippen LogP contribution in [-0.4, -0.2) is 28.3 Å². The summed E-state index contributed by atoms with van der Waals surface area (Å²) in [5.41, 5.74) is 0. The Balaban J connectivity index is 4.20. The molecule has 12 heavy (non-hydrogen) atoms. The topological polar surface area (TPSA) is 12.5 Å². The second-order valence-corrected chi connectivity index (χ2v) is 3.74. The van der Waals surface area contributed by atoms with E-state index in [2.05, 4.69) is 48.2 Å². The van der Waals surface area contributed by atoms with Crippen LogP contribution in [-0.2, 0) is 20.3 Å². The number of rotatable bonds is 5. The number of ether oxygens (including phenoxy) is 1. The van der Waals surface area contributed by atoms with Crippen molar-refractivity contribution >= 4 is 4.73 Å². The summed E-state index contributed by atoms with van der Waals surface area (Å²) in [6.07, 6.45) is 0. The number of hydrogen-bond acceptors (Lipinski definition) is 2. The van der Waals surface area contributed by atoms with E-state index in [0.29, 0.717) is 18.7 Å². The van der Waals surface area contributed by atoms with Crippen LogP contribution in [0.15, 0.2) is 0 Å². The average Bonchev–Trinajstić information content (AvgIpc) is 1.85. The molecule has 0 rings (SSSR count). The van der Waals surface area contributed by atoms with Gasteiger partial charge < -0.3 is 0 Å². The van der Waals surface area contributed by atoms with E-state index in [-0.39, 0.29) is 0 Å². The zero-order valence-corrected chi connectivity index (χ0v) is 9.68. The van der Waals surface area contributed by atoms with Crippen LogP contribution >= 0.6 is 0 Å². The third-order valence-electron chi connectivity index (χ3n) is 1.57. The van der Waals surface area contributed by atoms with Gasteiger partial charge in [0.25, 0.3) is 0 Å². The molecule has 0 N–H and O–H groups in total. The van der Waals surface area contributed by atoms with Gasteiger partial charge in [-0.1, -0.05) is 0 Å². The van der Waals surface area contributed by atoms with Gasteiger partial charge in [-0.05, 0) is 0 Å². The van der Waals surface area contributed by atoms with E-state index in [1.54, 1.807) is 0 Å². The summed E-state index contributed by atoms with van der Waals surface area (Å²) >= 11 is 3.89. The number of hydrogen-bond donors (Lipinski definition) is 0. The first-order valence-corrected chi connectivity index (χ1v) is 4.98. The quantitative estimate of drug-likeness (QED) is 0.645. The second kappa shape index (κ2) is 5.87. The van der Waals surface area contributed by atoms with E-state index in [4.69, 9.17) is 4.74 Å². The first-order chi connectivity index (χ1) is 5.50. The van der Waals surface area contributed by atoms with E-state index >= 15 is 0 Å². The van der Waals surface area contributed by atoms with Crippen LogP contribution in [0.3, 0.4) is 0 Å². The second-order valence-electron chi connectivity index (χ2n) is 3.27.